The Morgan fingerprint density at radius 3 is 2.60 bits per heavy atom. The van der Waals surface area contributed by atoms with Gasteiger partial charge >= 0.3 is 0 Å². The quantitative estimate of drug-likeness (QED) is 0.507. The van der Waals surface area contributed by atoms with Gasteiger partial charge in [0, 0.05) is 0 Å². The number of rotatable bonds is 0. The van der Waals surface area contributed by atoms with E-state index in [0.717, 1.165) is 5.92 Å². The largest absolute Gasteiger partial charge is 0.0788 e. The van der Waals surface area contributed by atoms with E-state index in [1.165, 1.54) is 32.1 Å². The third-order valence-electron chi connectivity index (χ3n) is 6.71. The molecule has 2 saturated carbocycles. The van der Waals surface area contributed by atoms with E-state index in [0.29, 0.717) is 16.2 Å². The van der Waals surface area contributed by atoms with E-state index in [2.05, 4.69) is 33.8 Å². The van der Waals surface area contributed by atoms with Gasteiger partial charge in [-0.25, -0.2) is 0 Å². The molecule has 0 aromatic heterocycles. The van der Waals surface area contributed by atoms with Crippen molar-refractivity contribution < 1.29 is 0 Å². The normalized spacial score (nSPS) is 57.9. The first kappa shape index (κ1) is 9.93. The Balaban J connectivity index is 2.24. The van der Waals surface area contributed by atoms with Crippen molar-refractivity contribution in [2.75, 3.05) is 0 Å². The fraction of sp³-hybridized carbons (Fsp3) is 0.867. The summed E-state index contributed by atoms with van der Waals surface area (Å²) in [6, 6.07) is 0. The highest BCUT2D eigenvalue weighted by Gasteiger charge is 2.65. The Bertz CT molecular complexity index is 340. The van der Waals surface area contributed by atoms with Crippen LogP contribution >= 0.6 is 0 Å². The maximum absolute atomic E-state index is 2.64. The van der Waals surface area contributed by atoms with E-state index in [4.69, 9.17) is 0 Å². The molecule has 0 unspecified atom stereocenters. The molecule has 0 N–H and O–H groups in total. The summed E-state index contributed by atoms with van der Waals surface area (Å²) in [7, 11) is 0. The zero-order valence-corrected chi connectivity index (χ0v) is 10.7. The van der Waals surface area contributed by atoms with E-state index in [1.807, 2.05) is 0 Å². The minimum Gasteiger partial charge on any atom is -0.0788 e. The zero-order valence-electron chi connectivity index (χ0n) is 10.7. The van der Waals surface area contributed by atoms with Crippen molar-refractivity contribution in [2.45, 2.75) is 59.8 Å². The first-order chi connectivity index (χ1) is 6.93. The lowest BCUT2D eigenvalue weighted by Crippen LogP contribution is -2.53. The van der Waals surface area contributed by atoms with Crippen LogP contribution in [0.2, 0.25) is 0 Å². The Hall–Kier alpha value is -0.260. The van der Waals surface area contributed by atoms with Gasteiger partial charge in [0.15, 0.2) is 0 Å². The fourth-order valence-corrected chi connectivity index (χ4v) is 5.47. The van der Waals surface area contributed by atoms with Gasteiger partial charge in [-0.2, -0.15) is 0 Å². The minimum absolute atomic E-state index is 0.497. The van der Waals surface area contributed by atoms with Gasteiger partial charge in [-0.15, -0.1) is 0 Å². The van der Waals surface area contributed by atoms with Gasteiger partial charge < -0.3 is 0 Å². The van der Waals surface area contributed by atoms with Crippen molar-refractivity contribution in [3.8, 4) is 0 Å². The maximum Gasteiger partial charge on any atom is -0.00847 e. The highest BCUT2D eigenvalue weighted by atomic mass is 14.7. The average molecular weight is 204 g/mol. The summed E-state index contributed by atoms with van der Waals surface area (Å²) in [6.07, 6.45) is 9.88. The Morgan fingerprint density at radius 1 is 1.13 bits per heavy atom. The summed E-state index contributed by atoms with van der Waals surface area (Å²) < 4.78 is 0. The van der Waals surface area contributed by atoms with E-state index in [1.54, 1.807) is 5.57 Å². The second-order valence-electron chi connectivity index (χ2n) is 7.00. The molecule has 2 fully saturated rings. The molecule has 3 rings (SSSR count). The van der Waals surface area contributed by atoms with Gasteiger partial charge in [0.1, 0.15) is 0 Å². The molecule has 4 bridgehead atoms. The van der Waals surface area contributed by atoms with Crippen LogP contribution in [-0.4, -0.2) is 0 Å². The van der Waals surface area contributed by atoms with Crippen LogP contribution in [0.5, 0.6) is 0 Å². The Labute approximate surface area is 94.1 Å². The van der Waals surface area contributed by atoms with Crippen molar-refractivity contribution in [3.63, 3.8) is 0 Å². The Kier molecular flexibility index (Phi) is 1.67. The van der Waals surface area contributed by atoms with Crippen LogP contribution < -0.4 is 0 Å². The third kappa shape index (κ3) is 0.867. The first-order valence-electron chi connectivity index (χ1n) is 6.62. The molecule has 0 heteroatoms. The van der Waals surface area contributed by atoms with Crippen LogP contribution in [0, 0.1) is 22.2 Å². The first-order valence-corrected chi connectivity index (χ1v) is 6.62. The van der Waals surface area contributed by atoms with Crippen molar-refractivity contribution in [2.24, 2.45) is 22.2 Å². The lowest BCUT2D eigenvalue weighted by atomic mass is 9.43. The molecule has 15 heavy (non-hydrogen) atoms. The summed E-state index contributed by atoms with van der Waals surface area (Å²) >= 11 is 0. The fourth-order valence-electron chi connectivity index (χ4n) is 5.47. The van der Waals surface area contributed by atoms with Crippen molar-refractivity contribution in [3.05, 3.63) is 11.6 Å². The topological polar surface area (TPSA) is 0 Å². The average Bonchev–Trinajstić information content (AvgIpc) is 2.34. The van der Waals surface area contributed by atoms with Gasteiger partial charge in [-0.3, -0.25) is 0 Å². The van der Waals surface area contributed by atoms with E-state index in [-0.39, 0.29) is 0 Å². The number of hydrogen-bond acceptors (Lipinski definition) is 0. The Morgan fingerprint density at radius 2 is 1.87 bits per heavy atom. The minimum atomic E-state index is 0.497. The summed E-state index contributed by atoms with van der Waals surface area (Å²) in [6.45, 7) is 10.1. The molecule has 84 valence electrons. The standard InChI is InChI=1S/C15H24/c1-11-10-13(2)7-5-8-14(3)12(11)6-9-15(13,14)4/h10,12H,5-9H2,1-4H3/t12-,13-,14+,15-/m1/s1. The molecule has 0 radical (unpaired) electrons. The molecule has 3 aliphatic carbocycles. The molecule has 0 amide bonds. The predicted octanol–water partition coefficient (Wildman–Crippen LogP) is 4.56. The smallest absolute Gasteiger partial charge is 0.00847 e. The summed E-state index contributed by atoms with van der Waals surface area (Å²) in [5.74, 6) is 0.899. The lowest BCUT2D eigenvalue weighted by Gasteiger charge is -2.61. The zero-order chi connectivity index (χ0) is 10.9. The molecular formula is C15H24. The number of hydrogen-bond donors (Lipinski definition) is 0. The van der Waals surface area contributed by atoms with Crippen molar-refractivity contribution in [1.82, 2.24) is 0 Å². The predicted molar refractivity (Wildman–Crippen MR) is 64.7 cm³/mol. The van der Waals surface area contributed by atoms with Crippen LogP contribution in [0.15, 0.2) is 11.6 Å². The molecule has 4 atom stereocenters. The molecule has 0 aromatic rings. The van der Waals surface area contributed by atoms with Gasteiger partial charge in [-0.1, -0.05) is 38.8 Å². The van der Waals surface area contributed by atoms with Crippen LogP contribution in [0.4, 0.5) is 0 Å². The SMILES string of the molecule is CC1=C[C@@]2(C)CCC[C@@]3(C)[C@@H]1CC[C@]23C. The van der Waals surface area contributed by atoms with E-state index >= 15 is 0 Å². The van der Waals surface area contributed by atoms with Crippen LogP contribution in [0.25, 0.3) is 0 Å². The van der Waals surface area contributed by atoms with Gasteiger partial charge in [0.2, 0.25) is 0 Å². The maximum atomic E-state index is 2.64. The molecule has 0 aliphatic heterocycles. The molecule has 0 heterocycles. The molecule has 3 aliphatic rings. The second-order valence-corrected chi connectivity index (χ2v) is 7.00. The van der Waals surface area contributed by atoms with Gasteiger partial charge in [0.05, 0.1) is 0 Å². The molecule has 0 saturated heterocycles. The highest BCUT2D eigenvalue weighted by Crippen LogP contribution is 2.74. The van der Waals surface area contributed by atoms with Crippen LogP contribution in [0.1, 0.15) is 59.8 Å². The summed E-state index contributed by atoms with van der Waals surface area (Å²) in [5.41, 5.74) is 3.40. The van der Waals surface area contributed by atoms with Crippen LogP contribution in [-0.2, 0) is 0 Å². The van der Waals surface area contributed by atoms with Crippen molar-refractivity contribution >= 4 is 0 Å². The number of allylic oxidation sites excluding steroid dienone is 2. The van der Waals surface area contributed by atoms with Gasteiger partial charge in [0.25, 0.3) is 0 Å². The third-order valence-corrected chi connectivity index (χ3v) is 6.71. The second kappa shape index (κ2) is 2.52. The highest BCUT2D eigenvalue weighted by molar-refractivity contribution is 5.30. The molecular weight excluding hydrogens is 180 g/mol. The molecule has 0 spiro atoms. The lowest BCUT2D eigenvalue weighted by molar-refractivity contribution is -0.0738. The van der Waals surface area contributed by atoms with E-state index < -0.39 is 0 Å². The monoisotopic (exact) mass is 204 g/mol. The molecule has 0 aromatic carbocycles. The summed E-state index contributed by atoms with van der Waals surface area (Å²) in [4.78, 5) is 0. The molecule has 0 nitrogen and oxygen atoms in total. The van der Waals surface area contributed by atoms with Gasteiger partial charge in [-0.05, 0) is 54.8 Å². The van der Waals surface area contributed by atoms with Crippen LogP contribution in [0.3, 0.4) is 0 Å². The van der Waals surface area contributed by atoms with E-state index in [9.17, 15) is 0 Å². The van der Waals surface area contributed by atoms with Crippen molar-refractivity contribution in [1.29, 1.82) is 0 Å². The summed E-state index contributed by atoms with van der Waals surface area (Å²) in [5, 5.41) is 0.